The summed E-state index contributed by atoms with van der Waals surface area (Å²) < 4.78 is 1.76. The number of pyridine rings is 1. The lowest BCUT2D eigenvalue weighted by Crippen LogP contribution is -2.34. The highest BCUT2D eigenvalue weighted by atomic mass is 15.3. The third-order valence-electron chi connectivity index (χ3n) is 3.06. The topological polar surface area (TPSA) is 68.2 Å². The first-order chi connectivity index (χ1) is 7.81. The van der Waals surface area contributed by atoms with Crippen molar-refractivity contribution < 1.29 is 0 Å². The fourth-order valence-corrected chi connectivity index (χ4v) is 1.87. The highest BCUT2D eigenvalue weighted by molar-refractivity contribution is 5.50. The van der Waals surface area contributed by atoms with Gasteiger partial charge >= 0.3 is 0 Å². The predicted molar refractivity (Wildman–Crippen MR) is 61.9 cm³/mol. The van der Waals surface area contributed by atoms with Crippen LogP contribution >= 0.6 is 0 Å². The quantitative estimate of drug-likeness (QED) is 0.803. The van der Waals surface area contributed by atoms with Gasteiger partial charge in [0.2, 0.25) is 0 Å². The second kappa shape index (κ2) is 3.75. The van der Waals surface area contributed by atoms with E-state index >= 15 is 0 Å². The molecule has 2 aromatic heterocycles. The summed E-state index contributed by atoms with van der Waals surface area (Å²) in [7, 11) is 0. The molecular formula is C11H15N5. The van der Waals surface area contributed by atoms with Crippen LogP contribution in [0.4, 0.5) is 5.69 Å². The van der Waals surface area contributed by atoms with E-state index in [4.69, 9.17) is 5.73 Å². The smallest absolute Gasteiger partial charge is 0.165 e. The highest BCUT2D eigenvalue weighted by Crippen LogP contribution is 2.18. The molecule has 2 heterocycles. The summed E-state index contributed by atoms with van der Waals surface area (Å²) in [6.07, 6.45) is 5.73. The summed E-state index contributed by atoms with van der Waals surface area (Å²) in [5.74, 6) is 0.831. The Labute approximate surface area is 93.7 Å². The molecule has 0 saturated heterocycles. The molecule has 3 N–H and O–H groups in total. The minimum absolute atomic E-state index is 0.664. The van der Waals surface area contributed by atoms with Gasteiger partial charge in [0.05, 0.1) is 6.54 Å². The first-order valence-corrected chi connectivity index (χ1v) is 5.65. The van der Waals surface area contributed by atoms with Crippen LogP contribution in [0, 0.1) is 0 Å². The normalized spacial score (nSPS) is 16.5. The molecule has 0 radical (unpaired) electrons. The Kier molecular flexibility index (Phi) is 2.25. The molecule has 3 rings (SSSR count). The lowest BCUT2D eigenvalue weighted by Gasteiger charge is -2.25. The Morgan fingerprint density at radius 1 is 1.50 bits per heavy atom. The molecule has 5 nitrogen and oxygen atoms in total. The number of nitrogens with zero attached hydrogens (tertiary/aromatic N) is 3. The van der Waals surface area contributed by atoms with Gasteiger partial charge in [0, 0.05) is 24.0 Å². The fraction of sp³-hybridized carbons (Fsp3) is 0.455. The standard InChI is InChI=1S/C11H15N5/c12-8-4-5-16-11(6-8)14-10(15-16)7-13-9-2-1-3-9/h4-6,9,13H,1-3,7,12H2. The van der Waals surface area contributed by atoms with E-state index in [2.05, 4.69) is 15.4 Å². The molecule has 0 bridgehead atoms. The fourth-order valence-electron chi connectivity index (χ4n) is 1.87. The van der Waals surface area contributed by atoms with Crippen LogP contribution in [0.15, 0.2) is 18.3 Å². The lowest BCUT2D eigenvalue weighted by molar-refractivity contribution is 0.335. The van der Waals surface area contributed by atoms with Crippen molar-refractivity contribution in [2.24, 2.45) is 0 Å². The number of anilines is 1. The molecule has 0 unspecified atom stereocenters. The molecule has 0 aliphatic heterocycles. The summed E-state index contributed by atoms with van der Waals surface area (Å²) in [6.45, 7) is 0.742. The Morgan fingerprint density at radius 2 is 2.38 bits per heavy atom. The van der Waals surface area contributed by atoms with Crippen LogP contribution < -0.4 is 11.1 Å². The van der Waals surface area contributed by atoms with E-state index in [1.807, 2.05) is 18.3 Å². The molecule has 1 aliphatic rings. The number of nitrogens with two attached hydrogens (primary N) is 1. The number of aromatic nitrogens is 3. The summed E-state index contributed by atoms with van der Waals surface area (Å²) in [5.41, 5.74) is 7.22. The van der Waals surface area contributed by atoms with Crippen LogP contribution in [0.5, 0.6) is 0 Å². The minimum Gasteiger partial charge on any atom is -0.399 e. The third-order valence-corrected chi connectivity index (χ3v) is 3.06. The lowest BCUT2D eigenvalue weighted by atomic mass is 9.93. The highest BCUT2D eigenvalue weighted by Gasteiger charge is 2.16. The summed E-state index contributed by atoms with van der Waals surface area (Å²) in [5, 5.41) is 7.81. The zero-order chi connectivity index (χ0) is 11.0. The maximum atomic E-state index is 5.69. The maximum Gasteiger partial charge on any atom is 0.165 e. The van der Waals surface area contributed by atoms with Crippen molar-refractivity contribution >= 4 is 11.3 Å². The van der Waals surface area contributed by atoms with Gasteiger partial charge in [-0.3, -0.25) is 0 Å². The van der Waals surface area contributed by atoms with Gasteiger partial charge in [-0.2, -0.15) is 0 Å². The molecule has 16 heavy (non-hydrogen) atoms. The van der Waals surface area contributed by atoms with Gasteiger partial charge in [-0.15, -0.1) is 5.10 Å². The summed E-state index contributed by atoms with van der Waals surface area (Å²) in [6, 6.07) is 4.32. The van der Waals surface area contributed by atoms with E-state index in [0.29, 0.717) is 6.04 Å². The minimum atomic E-state index is 0.664. The van der Waals surface area contributed by atoms with E-state index in [0.717, 1.165) is 23.7 Å². The Balaban J connectivity index is 1.76. The van der Waals surface area contributed by atoms with Crippen molar-refractivity contribution in [2.75, 3.05) is 5.73 Å². The van der Waals surface area contributed by atoms with E-state index in [1.54, 1.807) is 4.52 Å². The molecule has 0 spiro atoms. The summed E-state index contributed by atoms with van der Waals surface area (Å²) in [4.78, 5) is 4.41. The van der Waals surface area contributed by atoms with Gasteiger partial charge in [-0.1, -0.05) is 6.42 Å². The van der Waals surface area contributed by atoms with Gasteiger partial charge in [0.25, 0.3) is 0 Å². The van der Waals surface area contributed by atoms with Crippen LogP contribution in [0.25, 0.3) is 5.65 Å². The van der Waals surface area contributed by atoms with Crippen molar-refractivity contribution in [3.8, 4) is 0 Å². The largest absolute Gasteiger partial charge is 0.399 e. The molecule has 84 valence electrons. The van der Waals surface area contributed by atoms with Crippen LogP contribution in [0.1, 0.15) is 25.1 Å². The van der Waals surface area contributed by atoms with Crippen molar-refractivity contribution in [3.63, 3.8) is 0 Å². The second-order valence-corrected chi connectivity index (χ2v) is 4.30. The van der Waals surface area contributed by atoms with E-state index in [9.17, 15) is 0 Å². The molecule has 0 aromatic carbocycles. The van der Waals surface area contributed by atoms with Crippen molar-refractivity contribution in [2.45, 2.75) is 31.8 Å². The number of nitrogen functional groups attached to an aromatic ring is 1. The van der Waals surface area contributed by atoms with E-state index in [1.165, 1.54) is 19.3 Å². The van der Waals surface area contributed by atoms with Crippen LogP contribution in [-0.2, 0) is 6.54 Å². The van der Waals surface area contributed by atoms with Gasteiger partial charge in [0.15, 0.2) is 11.5 Å². The van der Waals surface area contributed by atoms with E-state index < -0.39 is 0 Å². The van der Waals surface area contributed by atoms with Gasteiger partial charge in [-0.25, -0.2) is 9.50 Å². The number of rotatable bonds is 3. The Hall–Kier alpha value is -1.62. The predicted octanol–water partition coefficient (Wildman–Crippen LogP) is 0.954. The van der Waals surface area contributed by atoms with Crippen molar-refractivity contribution in [3.05, 3.63) is 24.2 Å². The van der Waals surface area contributed by atoms with Crippen LogP contribution in [0.3, 0.4) is 0 Å². The second-order valence-electron chi connectivity index (χ2n) is 4.30. The Morgan fingerprint density at radius 3 is 3.12 bits per heavy atom. The zero-order valence-corrected chi connectivity index (χ0v) is 9.06. The SMILES string of the molecule is Nc1ccn2nc(CNC3CCC3)nc2c1. The number of hydrogen-bond acceptors (Lipinski definition) is 4. The van der Waals surface area contributed by atoms with Crippen molar-refractivity contribution in [1.29, 1.82) is 0 Å². The number of fused-ring (bicyclic) bond motifs is 1. The molecule has 1 saturated carbocycles. The molecular weight excluding hydrogens is 202 g/mol. The van der Waals surface area contributed by atoms with Crippen molar-refractivity contribution in [1.82, 2.24) is 19.9 Å². The molecule has 1 aliphatic carbocycles. The Bertz CT molecular complexity index is 500. The third kappa shape index (κ3) is 1.74. The number of hydrogen-bond donors (Lipinski definition) is 2. The average Bonchev–Trinajstić information content (AvgIpc) is 2.57. The molecule has 0 atom stereocenters. The molecule has 2 aromatic rings. The summed E-state index contributed by atoms with van der Waals surface area (Å²) >= 11 is 0. The molecule has 1 fully saturated rings. The maximum absolute atomic E-state index is 5.69. The van der Waals surface area contributed by atoms with Gasteiger partial charge in [-0.05, 0) is 18.9 Å². The van der Waals surface area contributed by atoms with Crippen LogP contribution in [0.2, 0.25) is 0 Å². The van der Waals surface area contributed by atoms with Gasteiger partial charge < -0.3 is 11.1 Å². The van der Waals surface area contributed by atoms with E-state index in [-0.39, 0.29) is 0 Å². The monoisotopic (exact) mass is 217 g/mol. The first kappa shape index (κ1) is 9.59. The zero-order valence-electron chi connectivity index (χ0n) is 9.06. The van der Waals surface area contributed by atoms with Crippen LogP contribution in [-0.4, -0.2) is 20.6 Å². The molecule has 0 amide bonds. The first-order valence-electron chi connectivity index (χ1n) is 5.65. The number of nitrogens with one attached hydrogen (secondary N) is 1. The molecule has 5 heteroatoms. The average molecular weight is 217 g/mol. The van der Waals surface area contributed by atoms with Gasteiger partial charge in [0.1, 0.15) is 0 Å².